The number of halogens is 1. The summed E-state index contributed by atoms with van der Waals surface area (Å²) in [5.41, 5.74) is 10.4. The number of nitrogen functional groups attached to an aromatic ring is 1. The number of imide groups is 1. The summed E-state index contributed by atoms with van der Waals surface area (Å²) in [6.45, 7) is -0.645. The molecule has 7 nitrogen and oxygen atoms in total. The zero-order chi connectivity index (χ0) is 13.7. The van der Waals surface area contributed by atoms with E-state index in [2.05, 4.69) is 4.74 Å². The van der Waals surface area contributed by atoms with Gasteiger partial charge in [0.25, 0.3) is 5.91 Å². The SMILES string of the molecule is NC(=O)NC(=O)COC(=O)c1cccc(Cl)c1N. The Bertz CT molecular complexity index is 504. The number of nitrogens with one attached hydrogen (secondary N) is 1. The van der Waals surface area contributed by atoms with Crippen LogP contribution in [0.25, 0.3) is 0 Å². The quantitative estimate of drug-likeness (QED) is 0.538. The molecule has 1 rings (SSSR count). The van der Waals surface area contributed by atoms with E-state index in [0.717, 1.165) is 0 Å². The Hall–Kier alpha value is -2.28. The number of hydrogen-bond donors (Lipinski definition) is 3. The number of nitrogens with two attached hydrogens (primary N) is 2. The van der Waals surface area contributed by atoms with E-state index in [1.54, 1.807) is 5.32 Å². The average Bonchev–Trinajstić information content (AvgIpc) is 2.29. The van der Waals surface area contributed by atoms with Gasteiger partial charge in [0.15, 0.2) is 6.61 Å². The molecule has 0 atom stereocenters. The molecule has 0 aliphatic heterocycles. The molecule has 0 aliphatic rings. The summed E-state index contributed by atoms with van der Waals surface area (Å²) in [4.78, 5) is 32.9. The molecule has 0 unspecified atom stereocenters. The maximum atomic E-state index is 11.6. The van der Waals surface area contributed by atoms with Gasteiger partial charge in [-0.1, -0.05) is 17.7 Å². The molecule has 0 radical (unpaired) electrons. The van der Waals surface area contributed by atoms with Crippen LogP contribution in [0.5, 0.6) is 0 Å². The normalized spacial score (nSPS) is 9.61. The van der Waals surface area contributed by atoms with Crippen LogP contribution in [0.4, 0.5) is 10.5 Å². The van der Waals surface area contributed by atoms with Gasteiger partial charge in [-0.3, -0.25) is 10.1 Å². The molecule has 5 N–H and O–H groups in total. The van der Waals surface area contributed by atoms with Gasteiger partial charge < -0.3 is 16.2 Å². The molecule has 0 aromatic heterocycles. The van der Waals surface area contributed by atoms with Crippen LogP contribution in [0, 0.1) is 0 Å². The van der Waals surface area contributed by atoms with E-state index in [4.69, 9.17) is 23.1 Å². The first-order valence-electron chi connectivity index (χ1n) is 4.72. The van der Waals surface area contributed by atoms with E-state index in [1.165, 1.54) is 18.2 Å². The molecule has 18 heavy (non-hydrogen) atoms. The second-order valence-electron chi connectivity index (χ2n) is 3.19. The number of urea groups is 1. The van der Waals surface area contributed by atoms with Crippen molar-refractivity contribution in [1.29, 1.82) is 0 Å². The van der Waals surface area contributed by atoms with Crippen molar-refractivity contribution in [3.8, 4) is 0 Å². The van der Waals surface area contributed by atoms with Gasteiger partial charge in [0, 0.05) is 0 Å². The van der Waals surface area contributed by atoms with E-state index in [1.807, 2.05) is 0 Å². The van der Waals surface area contributed by atoms with E-state index in [0.29, 0.717) is 0 Å². The molecule has 0 spiro atoms. The number of primary amides is 1. The molecule has 3 amide bonds. The molecule has 1 aromatic carbocycles. The number of amides is 3. The minimum atomic E-state index is -1.03. The molecule has 0 saturated heterocycles. The Balaban J connectivity index is 2.64. The largest absolute Gasteiger partial charge is 0.452 e. The number of ether oxygens (including phenoxy) is 1. The van der Waals surface area contributed by atoms with E-state index < -0.39 is 24.5 Å². The summed E-state index contributed by atoms with van der Waals surface area (Å²) in [5, 5.41) is 1.94. The smallest absolute Gasteiger partial charge is 0.340 e. The first kappa shape index (κ1) is 13.8. The van der Waals surface area contributed by atoms with Crippen LogP contribution >= 0.6 is 11.6 Å². The standard InChI is InChI=1S/C10H10ClN3O4/c11-6-3-1-2-5(8(6)12)9(16)18-4-7(15)14-10(13)17/h1-3H,4,12H2,(H3,13,14,15,17). The molecule has 8 heteroatoms. The fourth-order valence-corrected chi connectivity index (χ4v) is 1.27. The first-order valence-corrected chi connectivity index (χ1v) is 5.10. The minimum absolute atomic E-state index is 0.0365. The molecule has 0 heterocycles. The topological polar surface area (TPSA) is 125 Å². The molecule has 96 valence electrons. The van der Waals surface area contributed by atoms with Crippen molar-refractivity contribution in [2.75, 3.05) is 12.3 Å². The first-order chi connectivity index (χ1) is 8.41. The maximum Gasteiger partial charge on any atom is 0.340 e. The summed E-state index contributed by atoms with van der Waals surface area (Å²) >= 11 is 5.72. The molecule has 0 bridgehead atoms. The molecule has 0 aliphatic carbocycles. The van der Waals surface area contributed by atoms with Crippen molar-refractivity contribution in [2.45, 2.75) is 0 Å². The summed E-state index contributed by atoms with van der Waals surface area (Å²) in [7, 11) is 0. The second-order valence-corrected chi connectivity index (χ2v) is 3.60. The number of esters is 1. The number of benzene rings is 1. The Morgan fingerprint density at radius 1 is 1.33 bits per heavy atom. The second kappa shape index (κ2) is 5.87. The molecule has 1 aromatic rings. The van der Waals surface area contributed by atoms with Crippen LogP contribution in [0.1, 0.15) is 10.4 Å². The summed E-state index contributed by atoms with van der Waals surface area (Å²) in [6.07, 6.45) is 0. The predicted octanol–water partition coefficient (Wildman–Crippen LogP) is 0.274. The van der Waals surface area contributed by atoms with Gasteiger partial charge in [-0.05, 0) is 12.1 Å². The van der Waals surface area contributed by atoms with Crippen LogP contribution < -0.4 is 16.8 Å². The fraction of sp³-hybridized carbons (Fsp3) is 0.100. The molecule has 0 fully saturated rings. The van der Waals surface area contributed by atoms with Crippen LogP contribution in [0.15, 0.2) is 18.2 Å². The van der Waals surface area contributed by atoms with Crippen molar-refractivity contribution in [1.82, 2.24) is 5.32 Å². The van der Waals surface area contributed by atoms with E-state index in [9.17, 15) is 14.4 Å². The average molecular weight is 272 g/mol. The van der Waals surface area contributed by atoms with Crippen LogP contribution in [0.2, 0.25) is 5.02 Å². The Morgan fingerprint density at radius 3 is 2.61 bits per heavy atom. The van der Waals surface area contributed by atoms with Gasteiger partial charge >= 0.3 is 12.0 Å². The molecular weight excluding hydrogens is 262 g/mol. The highest BCUT2D eigenvalue weighted by Crippen LogP contribution is 2.22. The summed E-state index contributed by atoms with van der Waals surface area (Å²) < 4.78 is 4.63. The summed E-state index contributed by atoms with van der Waals surface area (Å²) in [6, 6.07) is 3.39. The van der Waals surface area contributed by atoms with Crippen LogP contribution in [-0.2, 0) is 9.53 Å². The number of anilines is 1. The fourth-order valence-electron chi connectivity index (χ4n) is 1.10. The molecular formula is C10H10ClN3O4. The van der Waals surface area contributed by atoms with Crippen molar-refractivity contribution < 1.29 is 19.1 Å². The third-order valence-corrected chi connectivity index (χ3v) is 2.20. The zero-order valence-electron chi connectivity index (χ0n) is 9.10. The number of para-hydroxylation sites is 1. The lowest BCUT2D eigenvalue weighted by Gasteiger charge is -2.07. The van der Waals surface area contributed by atoms with Gasteiger partial charge in [-0.25, -0.2) is 9.59 Å². The van der Waals surface area contributed by atoms with Gasteiger partial charge in [0.2, 0.25) is 0 Å². The van der Waals surface area contributed by atoms with E-state index >= 15 is 0 Å². The Labute approximate surface area is 107 Å². The highest BCUT2D eigenvalue weighted by Gasteiger charge is 2.15. The Kier molecular flexibility index (Phi) is 4.50. The summed E-state index contributed by atoms with van der Waals surface area (Å²) in [5.74, 6) is -1.66. The highest BCUT2D eigenvalue weighted by atomic mass is 35.5. The van der Waals surface area contributed by atoms with Crippen molar-refractivity contribution in [3.63, 3.8) is 0 Å². The minimum Gasteiger partial charge on any atom is -0.452 e. The van der Waals surface area contributed by atoms with Crippen LogP contribution in [0.3, 0.4) is 0 Å². The lowest BCUT2D eigenvalue weighted by Crippen LogP contribution is -2.37. The van der Waals surface area contributed by atoms with Gasteiger partial charge in [0.05, 0.1) is 16.3 Å². The monoisotopic (exact) mass is 271 g/mol. The highest BCUT2D eigenvalue weighted by molar-refractivity contribution is 6.33. The lowest BCUT2D eigenvalue weighted by molar-refractivity contribution is -0.123. The van der Waals surface area contributed by atoms with Gasteiger partial charge in [-0.15, -0.1) is 0 Å². The number of hydrogen-bond acceptors (Lipinski definition) is 5. The van der Waals surface area contributed by atoms with Gasteiger partial charge in [-0.2, -0.15) is 0 Å². The zero-order valence-corrected chi connectivity index (χ0v) is 9.86. The van der Waals surface area contributed by atoms with Gasteiger partial charge in [0.1, 0.15) is 0 Å². The van der Waals surface area contributed by atoms with Crippen molar-refractivity contribution >= 4 is 35.2 Å². The Morgan fingerprint density at radius 2 is 2.00 bits per heavy atom. The number of rotatable bonds is 3. The lowest BCUT2D eigenvalue weighted by atomic mass is 10.2. The van der Waals surface area contributed by atoms with E-state index in [-0.39, 0.29) is 16.3 Å². The van der Waals surface area contributed by atoms with Crippen molar-refractivity contribution in [2.24, 2.45) is 5.73 Å². The third kappa shape index (κ3) is 3.63. The third-order valence-electron chi connectivity index (χ3n) is 1.87. The predicted molar refractivity (Wildman–Crippen MR) is 63.9 cm³/mol. The maximum absolute atomic E-state index is 11.6. The molecule has 0 saturated carbocycles. The van der Waals surface area contributed by atoms with Crippen LogP contribution in [-0.4, -0.2) is 24.5 Å². The van der Waals surface area contributed by atoms with Crippen molar-refractivity contribution in [3.05, 3.63) is 28.8 Å². The number of carbonyl (C=O) groups excluding carboxylic acids is 3. The number of carbonyl (C=O) groups is 3.